The van der Waals surface area contributed by atoms with E-state index in [1.54, 1.807) is 39.0 Å². The predicted molar refractivity (Wildman–Crippen MR) is 105 cm³/mol. The lowest BCUT2D eigenvalue weighted by Crippen LogP contribution is -2.37. The molecule has 0 saturated heterocycles. The van der Waals surface area contributed by atoms with Gasteiger partial charge in [0.25, 0.3) is 11.5 Å². The summed E-state index contributed by atoms with van der Waals surface area (Å²) in [6.45, 7) is 4.64. The first-order valence-corrected chi connectivity index (χ1v) is 8.81. The Labute approximate surface area is 166 Å². The smallest absolute Gasteiger partial charge is 0.325 e. The molecule has 1 aliphatic carbocycles. The number of hydrogen-bond donors (Lipinski definition) is 2. The second-order valence-electron chi connectivity index (χ2n) is 7.41. The van der Waals surface area contributed by atoms with Crippen LogP contribution in [0, 0.1) is 0 Å². The van der Waals surface area contributed by atoms with E-state index in [0.717, 1.165) is 4.57 Å². The Bertz CT molecular complexity index is 1180. The van der Waals surface area contributed by atoms with E-state index >= 15 is 0 Å². The summed E-state index contributed by atoms with van der Waals surface area (Å²) in [6, 6.07) is 1.52. The van der Waals surface area contributed by atoms with Crippen LogP contribution in [0.1, 0.15) is 36.8 Å². The quantitative estimate of drug-likeness (QED) is 0.588. The highest BCUT2D eigenvalue weighted by Gasteiger charge is 2.24. The number of carbonyl (C=O) groups excluding carboxylic acids is 2. The molecule has 0 atom stereocenters. The lowest BCUT2D eigenvalue weighted by atomic mass is 10.1. The number of esters is 1. The minimum absolute atomic E-state index is 0.117. The Kier molecular flexibility index (Phi) is 5.09. The summed E-state index contributed by atoms with van der Waals surface area (Å²) in [5, 5.41) is 21.2. The third-order valence-corrected chi connectivity index (χ3v) is 4.02. The molecule has 3 rings (SSSR count). The molecule has 2 aromatic heterocycles. The molecule has 9 nitrogen and oxygen atoms in total. The maximum atomic E-state index is 12.6. The molecule has 2 N–H and O–H groups in total. The number of rotatable bonds is 4. The van der Waals surface area contributed by atoms with Crippen LogP contribution >= 0.6 is 0 Å². The Morgan fingerprint density at radius 3 is 2.66 bits per heavy atom. The number of aryl methyl sites for hydroxylation is 1. The molecule has 1 amide bonds. The zero-order chi connectivity index (χ0) is 21.3. The van der Waals surface area contributed by atoms with Gasteiger partial charge >= 0.3 is 5.97 Å². The van der Waals surface area contributed by atoms with Crippen LogP contribution in [0.25, 0.3) is 16.6 Å². The van der Waals surface area contributed by atoms with E-state index in [0.29, 0.717) is 11.3 Å². The van der Waals surface area contributed by atoms with Crippen LogP contribution < -0.4 is 10.9 Å². The second-order valence-corrected chi connectivity index (χ2v) is 7.41. The van der Waals surface area contributed by atoms with Gasteiger partial charge in [-0.25, -0.2) is 0 Å². The molecule has 0 aliphatic heterocycles. The van der Waals surface area contributed by atoms with Crippen molar-refractivity contribution in [2.24, 2.45) is 7.05 Å². The third kappa shape index (κ3) is 4.09. The van der Waals surface area contributed by atoms with Crippen LogP contribution in [0.2, 0.25) is 0 Å². The summed E-state index contributed by atoms with van der Waals surface area (Å²) in [5.41, 5.74) is 2.20. The fourth-order valence-electron chi connectivity index (χ4n) is 2.75. The number of nitrogens with one attached hydrogen (secondary N) is 1. The number of allylic oxidation sites excluding steroid dienone is 3. The van der Waals surface area contributed by atoms with Gasteiger partial charge in [0.05, 0.1) is 5.39 Å². The van der Waals surface area contributed by atoms with Crippen LogP contribution in [0.15, 0.2) is 34.8 Å². The highest BCUT2D eigenvalue weighted by atomic mass is 16.6. The van der Waals surface area contributed by atoms with Gasteiger partial charge in [-0.3, -0.25) is 19.0 Å². The second kappa shape index (κ2) is 7.37. The fourth-order valence-corrected chi connectivity index (χ4v) is 2.75. The maximum absolute atomic E-state index is 12.6. The van der Waals surface area contributed by atoms with Crippen molar-refractivity contribution in [3.8, 4) is 5.75 Å². The van der Waals surface area contributed by atoms with Gasteiger partial charge in [-0.1, -0.05) is 6.08 Å². The Balaban J connectivity index is 1.98. The van der Waals surface area contributed by atoms with Crippen molar-refractivity contribution in [2.75, 3.05) is 6.54 Å². The monoisotopic (exact) mass is 396 g/mol. The first-order valence-electron chi connectivity index (χ1n) is 8.81. The van der Waals surface area contributed by atoms with Crippen LogP contribution in [-0.4, -0.2) is 43.9 Å². The summed E-state index contributed by atoms with van der Waals surface area (Å²) < 4.78 is 6.23. The topological polar surface area (TPSA) is 123 Å². The van der Waals surface area contributed by atoms with E-state index in [4.69, 9.17) is 4.74 Å². The standard InChI is InChI=1S/C20H20N4O5/c1-20(2,3)29-14(25)10-21-18(27)15-16(26)12-9-13(11-7-5-6-8-11)22-23-17(12)24(4)19(15)28/h5-7,9,26H,10H2,1-4H3,(H,21,27). The van der Waals surface area contributed by atoms with Gasteiger partial charge in [0.15, 0.2) is 5.65 Å². The average Bonchev–Trinajstić information content (AvgIpc) is 3.17. The van der Waals surface area contributed by atoms with Gasteiger partial charge in [-0.2, -0.15) is 0 Å². The molecule has 0 saturated carbocycles. The van der Waals surface area contributed by atoms with Crippen LogP contribution in [0.4, 0.5) is 0 Å². The number of amides is 1. The van der Waals surface area contributed by atoms with Crippen molar-refractivity contribution in [3.05, 3.63) is 51.6 Å². The van der Waals surface area contributed by atoms with Crippen LogP contribution in [-0.2, 0) is 16.6 Å². The molecular formula is C20H20N4O5. The first-order chi connectivity index (χ1) is 13.6. The van der Waals surface area contributed by atoms with Gasteiger partial charge in [0.2, 0.25) is 0 Å². The third-order valence-electron chi connectivity index (χ3n) is 4.02. The molecule has 0 radical (unpaired) electrons. The number of aromatic hydroxyl groups is 1. The van der Waals surface area contributed by atoms with Crippen molar-refractivity contribution in [2.45, 2.75) is 26.4 Å². The van der Waals surface area contributed by atoms with Crippen molar-refractivity contribution in [3.63, 3.8) is 0 Å². The molecule has 0 bridgehead atoms. The van der Waals surface area contributed by atoms with Gasteiger partial charge in [0, 0.05) is 12.6 Å². The van der Waals surface area contributed by atoms with E-state index in [9.17, 15) is 19.5 Å². The highest BCUT2D eigenvalue weighted by molar-refractivity contribution is 6.02. The fraction of sp³-hybridized carbons (Fsp3) is 0.300. The highest BCUT2D eigenvalue weighted by Crippen LogP contribution is 2.27. The van der Waals surface area contributed by atoms with E-state index in [-0.39, 0.29) is 11.0 Å². The van der Waals surface area contributed by atoms with Crippen molar-refractivity contribution in [1.29, 1.82) is 0 Å². The molecule has 0 spiro atoms. The van der Waals surface area contributed by atoms with Gasteiger partial charge in [-0.15, -0.1) is 15.9 Å². The van der Waals surface area contributed by atoms with Crippen molar-refractivity contribution in [1.82, 2.24) is 20.1 Å². The molecule has 2 aromatic rings. The first kappa shape index (κ1) is 20.0. The predicted octanol–water partition coefficient (Wildman–Crippen LogP) is 1.21. The molecule has 0 unspecified atom stereocenters. The Morgan fingerprint density at radius 1 is 1.31 bits per heavy atom. The summed E-state index contributed by atoms with van der Waals surface area (Å²) >= 11 is 0. The number of pyridine rings is 1. The molecule has 150 valence electrons. The normalized spacial score (nSPS) is 12.9. The van der Waals surface area contributed by atoms with Crippen molar-refractivity contribution >= 4 is 28.5 Å². The van der Waals surface area contributed by atoms with E-state index in [2.05, 4.69) is 21.2 Å². The zero-order valence-corrected chi connectivity index (χ0v) is 16.4. The summed E-state index contributed by atoms with van der Waals surface area (Å²) in [5.74, 6) is -2.09. The van der Waals surface area contributed by atoms with Crippen LogP contribution in [0.3, 0.4) is 0 Å². The summed E-state index contributed by atoms with van der Waals surface area (Å²) in [4.78, 5) is 36.9. The van der Waals surface area contributed by atoms with E-state index in [1.807, 2.05) is 0 Å². The summed E-state index contributed by atoms with van der Waals surface area (Å²) in [7, 11) is 1.41. The SMILES string of the molecule is Cn1c(=O)c(C(=O)NCC(=O)OC(C)(C)C)c(O)c2cc(C3=C=CC=C3)nnc21. The lowest BCUT2D eigenvalue weighted by Gasteiger charge is -2.19. The number of nitrogens with zero attached hydrogens (tertiary/aromatic N) is 3. The van der Waals surface area contributed by atoms with E-state index in [1.165, 1.54) is 13.1 Å². The van der Waals surface area contributed by atoms with Gasteiger partial charge in [0.1, 0.15) is 29.2 Å². The van der Waals surface area contributed by atoms with Crippen LogP contribution in [0.5, 0.6) is 5.75 Å². The molecule has 0 aromatic carbocycles. The number of ether oxygens (including phenoxy) is 1. The number of aromatic nitrogens is 3. The number of hydrogen-bond acceptors (Lipinski definition) is 7. The summed E-state index contributed by atoms with van der Waals surface area (Å²) in [6.07, 6.45) is 5.25. The number of carbonyl (C=O) groups is 2. The minimum Gasteiger partial charge on any atom is -0.506 e. The maximum Gasteiger partial charge on any atom is 0.325 e. The molecule has 2 heterocycles. The molecule has 0 fully saturated rings. The average molecular weight is 396 g/mol. The lowest BCUT2D eigenvalue weighted by molar-refractivity contribution is -0.153. The largest absolute Gasteiger partial charge is 0.506 e. The number of fused-ring (bicyclic) bond motifs is 1. The van der Waals surface area contributed by atoms with E-state index < -0.39 is 40.9 Å². The Morgan fingerprint density at radius 2 is 2.03 bits per heavy atom. The Hall–Kier alpha value is -3.71. The molecule has 29 heavy (non-hydrogen) atoms. The molecular weight excluding hydrogens is 376 g/mol. The molecule has 1 aliphatic rings. The van der Waals surface area contributed by atoms with Crippen molar-refractivity contribution < 1.29 is 19.4 Å². The zero-order valence-electron chi connectivity index (χ0n) is 16.4. The van der Waals surface area contributed by atoms with Gasteiger partial charge < -0.3 is 15.2 Å². The molecule has 9 heteroatoms. The minimum atomic E-state index is -0.894. The van der Waals surface area contributed by atoms with Gasteiger partial charge in [-0.05, 0) is 39.0 Å².